The molecule has 0 saturated carbocycles. The van der Waals surface area contributed by atoms with Gasteiger partial charge in [0, 0.05) is 17.4 Å². The van der Waals surface area contributed by atoms with E-state index >= 15 is 0 Å². The molecule has 7 heteroatoms. The number of fused-ring (bicyclic) bond motifs is 1. The van der Waals surface area contributed by atoms with Gasteiger partial charge in [-0.3, -0.25) is 0 Å². The molecule has 2 aromatic carbocycles. The fraction of sp³-hybridized carbons (Fsp3) is 0.188. The van der Waals surface area contributed by atoms with Gasteiger partial charge < -0.3 is 15.2 Å². The Balaban J connectivity index is 2.11. The molecule has 4 nitrogen and oxygen atoms in total. The van der Waals surface area contributed by atoms with Gasteiger partial charge in [-0.2, -0.15) is 0 Å². The third-order valence-corrected chi connectivity index (χ3v) is 4.93. The van der Waals surface area contributed by atoms with Crippen LogP contribution in [0.1, 0.15) is 23.5 Å². The van der Waals surface area contributed by atoms with Crippen LogP contribution in [0.5, 0.6) is 0 Å². The Morgan fingerprint density at radius 1 is 1.09 bits per heavy atom. The average molecular weight is 373 g/mol. The highest BCUT2D eigenvalue weighted by Crippen LogP contribution is 2.46. The van der Waals surface area contributed by atoms with Gasteiger partial charge in [-0.1, -0.05) is 59.1 Å². The highest BCUT2D eigenvalue weighted by atomic mass is 35.5. The van der Waals surface area contributed by atoms with Crippen molar-refractivity contribution in [1.82, 2.24) is 0 Å². The molecule has 1 heterocycles. The topological polar surface area (TPSA) is 58.6 Å². The molecule has 0 amide bonds. The zero-order valence-corrected chi connectivity index (χ0v) is 14.0. The number of hydrogen-bond acceptors (Lipinski definition) is 3. The van der Waals surface area contributed by atoms with Crippen LogP contribution in [0, 0.1) is 0 Å². The van der Waals surface area contributed by atoms with Crippen molar-refractivity contribution in [2.75, 3.05) is 5.32 Å². The van der Waals surface area contributed by atoms with Crippen molar-refractivity contribution in [3.63, 3.8) is 0 Å². The van der Waals surface area contributed by atoms with E-state index in [1.165, 1.54) is 0 Å². The Kier molecular flexibility index (Phi) is 4.57. The lowest BCUT2D eigenvalue weighted by atomic mass is 9.84. The summed E-state index contributed by atoms with van der Waals surface area (Å²) in [5.74, 6) is -0.154. The molecule has 3 rings (SSSR count). The molecule has 0 bridgehead atoms. The van der Waals surface area contributed by atoms with Crippen LogP contribution in [-0.2, 0) is 4.74 Å². The molecule has 2 atom stereocenters. The van der Waals surface area contributed by atoms with Crippen molar-refractivity contribution in [3.05, 3.63) is 62.6 Å². The Bertz CT molecular complexity index is 766. The molecule has 2 aromatic rings. The Morgan fingerprint density at radius 2 is 1.83 bits per heavy atom. The van der Waals surface area contributed by atoms with Crippen LogP contribution in [0.4, 0.5) is 10.5 Å². The number of nitrogens with one attached hydrogen (secondary N) is 1. The van der Waals surface area contributed by atoms with Gasteiger partial charge in [-0.25, -0.2) is 4.79 Å². The molecule has 1 aliphatic heterocycles. The molecule has 23 heavy (non-hydrogen) atoms. The van der Waals surface area contributed by atoms with Crippen LogP contribution in [-0.4, -0.2) is 17.5 Å². The minimum atomic E-state index is -1.36. The summed E-state index contributed by atoms with van der Waals surface area (Å²) in [5.41, 5.74) is 2.36. The van der Waals surface area contributed by atoms with Gasteiger partial charge in [-0.15, -0.1) is 0 Å². The second-order valence-electron chi connectivity index (χ2n) is 5.15. The molecule has 0 aromatic heterocycles. The van der Waals surface area contributed by atoms with Crippen molar-refractivity contribution in [3.8, 4) is 0 Å². The zero-order chi connectivity index (χ0) is 16.6. The van der Waals surface area contributed by atoms with E-state index in [2.05, 4.69) is 5.32 Å². The average Bonchev–Trinajstić information content (AvgIpc) is 2.51. The van der Waals surface area contributed by atoms with Gasteiger partial charge in [0.15, 0.2) is 6.23 Å². The second kappa shape index (κ2) is 6.48. The number of ether oxygens (including phenoxy) is 1. The van der Waals surface area contributed by atoms with E-state index in [0.717, 1.165) is 11.1 Å². The molecule has 0 fully saturated rings. The summed E-state index contributed by atoms with van der Waals surface area (Å²) in [4.78, 5) is 10.9. The number of benzene rings is 2. The number of hydrogen-bond donors (Lipinski definition) is 2. The lowest BCUT2D eigenvalue weighted by molar-refractivity contribution is 0.0562. The maximum Gasteiger partial charge on any atom is 0.507 e. The number of rotatable bonds is 2. The first-order valence-electron chi connectivity index (χ1n) is 6.86. The van der Waals surface area contributed by atoms with Crippen molar-refractivity contribution >= 4 is 46.6 Å². The van der Waals surface area contributed by atoms with E-state index in [1.54, 1.807) is 12.1 Å². The van der Waals surface area contributed by atoms with Gasteiger partial charge in [0.25, 0.3) is 0 Å². The van der Waals surface area contributed by atoms with Crippen molar-refractivity contribution in [2.45, 2.75) is 18.6 Å². The molecule has 2 N–H and O–H groups in total. The first-order valence-corrected chi connectivity index (χ1v) is 7.99. The largest absolute Gasteiger partial charge is 0.507 e. The highest BCUT2D eigenvalue weighted by Gasteiger charge is 2.32. The predicted molar refractivity (Wildman–Crippen MR) is 90.9 cm³/mol. The minimum Gasteiger partial charge on any atom is -0.450 e. The smallest absolute Gasteiger partial charge is 0.450 e. The molecule has 2 unspecified atom stereocenters. The predicted octanol–water partition coefficient (Wildman–Crippen LogP) is 5.62. The summed E-state index contributed by atoms with van der Waals surface area (Å²) < 4.78 is 4.90. The first-order chi connectivity index (χ1) is 11.0. The summed E-state index contributed by atoms with van der Waals surface area (Å²) in [5, 5.41) is 13.2. The fourth-order valence-corrected chi connectivity index (χ4v) is 3.47. The molecular weight excluding hydrogens is 361 g/mol. The standard InChI is InChI=1S/C16H12Cl3NO3/c17-11-4-2-1-3-8(11)10-7-13(23-16(21)22)20-15-9(10)5-6-12(18)14(15)19/h1-6,10,13,20H,7H2,(H,21,22). The van der Waals surface area contributed by atoms with Crippen LogP contribution >= 0.6 is 34.8 Å². The maximum atomic E-state index is 10.9. The molecule has 0 saturated heterocycles. The minimum absolute atomic E-state index is 0.154. The van der Waals surface area contributed by atoms with Crippen molar-refractivity contribution in [2.24, 2.45) is 0 Å². The summed E-state index contributed by atoms with van der Waals surface area (Å²) in [7, 11) is 0. The number of anilines is 1. The quantitative estimate of drug-likeness (QED) is 0.672. The molecular formula is C16H12Cl3NO3. The molecule has 1 aliphatic rings. The Morgan fingerprint density at radius 3 is 2.52 bits per heavy atom. The highest BCUT2D eigenvalue weighted by molar-refractivity contribution is 6.43. The Labute approximate surface area is 147 Å². The summed E-state index contributed by atoms with van der Waals surface area (Å²) in [6, 6.07) is 11.0. The van der Waals surface area contributed by atoms with Crippen LogP contribution in [0.3, 0.4) is 0 Å². The van der Waals surface area contributed by atoms with Gasteiger partial charge in [0.1, 0.15) is 0 Å². The summed E-state index contributed by atoms with van der Waals surface area (Å²) in [6.45, 7) is 0. The summed E-state index contributed by atoms with van der Waals surface area (Å²) >= 11 is 18.7. The molecule has 0 radical (unpaired) electrons. The number of carboxylic acid groups (broad SMARTS) is 1. The SMILES string of the molecule is O=C(O)OC1CC(c2ccccc2Cl)c2ccc(Cl)c(Cl)c2N1. The zero-order valence-electron chi connectivity index (χ0n) is 11.7. The van der Waals surface area contributed by atoms with Crippen LogP contribution in [0.15, 0.2) is 36.4 Å². The van der Waals surface area contributed by atoms with E-state index in [9.17, 15) is 4.79 Å². The van der Waals surface area contributed by atoms with E-state index in [-0.39, 0.29) is 5.92 Å². The maximum absolute atomic E-state index is 10.9. The van der Waals surface area contributed by atoms with E-state index in [4.69, 9.17) is 44.6 Å². The molecule has 120 valence electrons. The number of carbonyl (C=O) groups is 1. The van der Waals surface area contributed by atoms with Crippen molar-refractivity contribution in [1.29, 1.82) is 0 Å². The van der Waals surface area contributed by atoms with Crippen LogP contribution < -0.4 is 5.32 Å². The van der Waals surface area contributed by atoms with Crippen molar-refractivity contribution < 1.29 is 14.6 Å². The lowest BCUT2D eigenvalue weighted by Crippen LogP contribution is -2.33. The van der Waals surface area contributed by atoms with E-state index < -0.39 is 12.4 Å². The third kappa shape index (κ3) is 3.20. The van der Waals surface area contributed by atoms with E-state index in [1.807, 2.05) is 24.3 Å². The summed E-state index contributed by atoms with van der Waals surface area (Å²) in [6.07, 6.45) is -1.69. The monoisotopic (exact) mass is 371 g/mol. The third-order valence-electron chi connectivity index (χ3n) is 3.78. The first kappa shape index (κ1) is 16.2. The lowest BCUT2D eigenvalue weighted by Gasteiger charge is -2.33. The molecule has 0 spiro atoms. The fourth-order valence-electron chi connectivity index (χ4n) is 2.82. The van der Waals surface area contributed by atoms with Crippen LogP contribution in [0.2, 0.25) is 15.1 Å². The van der Waals surface area contributed by atoms with Gasteiger partial charge in [0.05, 0.1) is 15.7 Å². The normalized spacial score (nSPS) is 19.6. The number of halogens is 3. The second-order valence-corrected chi connectivity index (χ2v) is 6.34. The van der Waals surface area contributed by atoms with E-state index in [0.29, 0.717) is 27.2 Å². The van der Waals surface area contributed by atoms with Gasteiger partial charge >= 0.3 is 6.16 Å². The van der Waals surface area contributed by atoms with Crippen LogP contribution in [0.25, 0.3) is 0 Å². The Hall–Kier alpha value is -1.62. The van der Waals surface area contributed by atoms with Gasteiger partial charge in [0.2, 0.25) is 0 Å². The molecule has 0 aliphatic carbocycles. The van der Waals surface area contributed by atoms with Gasteiger partial charge in [-0.05, 0) is 23.3 Å².